The number of aliphatic hydroxyl groups excluding tert-OH is 1. The van der Waals surface area contributed by atoms with Gasteiger partial charge in [-0.05, 0) is 5.92 Å². The van der Waals surface area contributed by atoms with E-state index in [4.69, 9.17) is 16.6 Å². The molecule has 1 aromatic rings. The second-order valence-corrected chi connectivity index (χ2v) is 7.57. The van der Waals surface area contributed by atoms with Crippen LogP contribution in [0, 0.1) is 5.92 Å². The lowest BCUT2D eigenvalue weighted by Crippen LogP contribution is -2.59. The van der Waals surface area contributed by atoms with Crippen LogP contribution in [0.4, 0.5) is 0 Å². The van der Waals surface area contributed by atoms with Gasteiger partial charge in [0.2, 0.25) is 23.6 Å². The summed E-state index contributed by atoms with van der Waals surface area (Å²) in [5.41, 5.74) is 11.4. The fraction of sp³-hybridized carbons (Fsp3) is 0.579. The maximum atomic E-state index is 12.9. The summed E-state index contributed by atoms with van der Waals surface area (Å²) in [5.74, 6) is -5.11. The summed E-state index contributed by atoms with van der Waals surface area (Å²) in [7, 11) is 0. The molecule has 33 heavy (non-hydrogen) atoms. The zero-order valence-electron chi connectivity index (χ0n) is 18.4. The number of aliphatic carboxylic acids is 1. The number of primary amides is 1. The van der Waals surface area contributed by atoms with Gasteiger partial charge in [-0.25, -0.2) is 9.78 Å². The number of nitrogens with two attached hydrogens (primary N) is 2. The molecule has 0 aliphatic heterocycles. The van der Waals surface area contributed by atoms with E-state index in [-0.39, 0.29) is 12.3 Å². The third kappa shape index (κ3) is 8.86. The van der Waals surface area contributed by atoms with Crippen LogP contribution >= 0.6 is 0 Å². The standard InChI is InChI=1S/C19H31N7O7/c1-3-9(2)15(21)18(31)24-11(4-10-6-22-8-23-10)16(29)26-13(7-27)17(30)25-12(19(32)33)5-14(20)28/h6,8-9,11-13,15,27H,3-5,7,21H2,1-2H3,(H2,20,28)(H,22,23)(H,24,31)(H,25,30)(H,26,29)(H,32,33). The summed E-state index contributed by atoms with van der Waals surface area (Å²) >= 11 is 0. The van der Waals surface area contributed by atoms with Crippen LogP contribution in [0.25, 0.3) is 0 Å². The first-order valence-electron chi connectivity index (χ1n) is 10.3. The Balaban J connectivity index is 2.95. The summed E-state index contributed by atoms with van der Waals surface area (Å²) in [6.45, 7) is 2.77. The highest BCUT2D eigenvalue weighted by atomic mass is 16.4. The van der Waals surface area contributed by atoms with E-state index >= 15 is 0 Å². The SMILES string of the molecule is CCC(C)C(N)C(=O)NC(Cc1cnc[nH]1)C(=O)NC(CO)C(=O)NC(CC(N)=O)C(=O)O. The lowest BCUT2D eigenvalue weighted by molar-refractivity contribution is -0.144. The minimum absolute atomic E-state index is 0.0238. The topological polar surface area (TPSA) is 243 Å². The Kier molecular flexibility index (Phi) is 10.9. The fourth-order valence-electron chi connectivity index (χ4n) is 2.75. The van der Waals surface area contributed by atoms with Crippen LogP contribution in [0.1, 0.15) is 32.4 Å². The van der Waals surface area contributed by atoms with Crippen molar-refractivity contribution in [2.45, 2.75) is 57.3 Å². The highest BCUT2D eigenvalue weighted by molar-refractivity contribution is 5.95. The predicted octanol–water partition coefficient (Wildman–Crippen LogP) is -3.27. The van der Waals surface area contributed by atoms with Gasteiger partial charge < -0.3 is 42.6 Å². The molecule has 0 fully saturated rings. The van der Waals surface area contributed by atoms with Gasteiger partial charge in [-0.3, -0.25) is 19.2 Å². The van der Waals surface area contributed by atoms with Crippen molar-refractivity contribution < 1.29 is 34.2 Å². The smallest absolute Gasteiger partial charge is 0.326 e. The molecule has 10 N–H and O–H groups in total. The average molecular weight is 469 g/mol. The summed E-state index contributed by atoms with van der Waals surface area (Å²) in [5, 5.41) is 25.5. The predicted molar refractivity (Wildman–Crippen MR) is 114 cm³/mol. The van der Waals surface area contributed by atoms with E-state index in [9.17, 15) is 29.1 Å². The van der Waals surface area contributed by atoms with E-state index < -0.39 is 66.8 Å². The number of rotatable bonds is 14. The van der Waals surface area contributed by atoms with Crippen LogP contribution in [0.15, 0.2) is 12.5 Å². The summed E-state index contributed by atoms with van der Waals surface area (Å²) in [4.78, 5) is 66.6. The number of aromatic amines is 1. The first kappa shape index (κ1) is 27.5. The molecular weight excluding hydrogens is 438 g/mol. The molecule has 0 saturated heterocycles. The van der Waals surface area contributed by atoms with Gasteiger partial charge in [-0.1, -0.05) is 20.3 Å². The van der Waals surface area contributed by atoms with Crippen molar-refractivity contribution in [1.82, 2.24) is 25.9 Å². The van der Waals surface area contributed by atoms with Crippen molar-refractivity contribution in [3.05, 3.63) is 18.2 Å². The van der Waals surface area contributed by atoms with Gasteiger partial charge in [0.15, 0.2) is 0 Å². The maximum Gasteiger partial charge on any atom is 0.326 e. The zero-order valence-corrected chi connectivity index (χ0v) is 18.4. The number of aromatic nitrogens is 2. The van der Waals surface area contributed by atoms with Gasteiger partial charge in [-0.2, -0.15) is 0 Å². The van der Waals surface area contributed by atoms with Gasteiger partial charge in [0.1, 0.15) is 18.1 Å². The molecule has 1 rings (SSSR count). The van der Waals surface area contributed by atoms with Crippen LogP contribution in [-0.2, 0) is 30.4 Å². The van der Waals surface area contributed by atoms with Crippen molar-refractivity contribution in [2.24, 2.45) is 17.4 Å². The maximum absolute atomic E-state index is 12.9. The van der Waals surface area contributed by atoms with Gasteiger partial charge >= 0.3 is 5.97 Å². The molecule has 0 bridgehead atoms. The Morgan fingerprint density at radius 3 is 2.12 bits per heavy atom. The molecule has 0 saturated carbocycles. The molecule has 0 aliphatic rings. The number of carbonyl (C=O) groups excluding carboxylic acids is 4. The number of hydrogen-bond acceptors (Lipinski definition) is 8. The van der Waals surface area contributed by atoms with Crippen LogP contribution in [0.5, 0.6) is 0 Å². The molecule has 14 heteroatoms. The number of aliphatic hydroxyl groups is 1. The molecule has 0 radical (unpaired) electrons. The molecule has 14 nitrogen and oxygen atoms in total. The number of hydrogen-bond donors (Lipinski definition) is 8. The average Bonchev–Trinajstić information content (AvgIpc) is 3.27. The monoisotopic (exact) mass is 469 g/mol. The Hall–Kier alpha value is -3.52. The second-order valence-electron chi connectivity index (χ2n) is 7.57. The molecule has 0 spiro atoms. The van der Waals surface area contributed by atoms with Crippen molar-refractivity contribution in [2.75, 3.05) is 6.61 Å². The highest BCUT2D eigenvalue weighted by Gasteiger charge is 2.31. The Labute approximate surface area is 189 Å². The zero-order chi connectivity index (χ0) is 25.1. The lowest BCUT2D eigenvalue weighted by Gasteiger charge is -2.25. The minimum atomic E-state index is -1.64. The molecule has 0 aliphatic carbocycles. The molecule has 5 atom stereocenters. The first-order chi connectivity index (χ1) is 15.5. The summed E-state index contributed by atoms with van der Waals surface area (Å²) in [6, 6.07) is -5.27. The Morgan fingerprint density at radius 2 is 1.64 bits per heavy atom. The van der Waals surface area contributed by atoms with Crippen LogP contribution in [-0.4, -0.2) is 80.6 Å². The number of carboxylic acids is 1. The van der Waals surface area contributed by atoms with Gasteiger partial charge in [0.25, 0.3) is 0 Å². The number of imidazole rings is 1. The lowest BCUT2D eigenvalue weighted by atomic mass is 9.98. The first-order valence-corrected chi connectivity index (χ1v) is 10.3. The minimum Gasteiger partial charge on any atom is -0.480 e. The van der Waals surface area contributed by atoms with E-state index in [1.807, 2.05) is 12.2 Å². The van der Waals surface area contributed by atoms with Gasteiger partial charge in [0, 0.05) is 18.3 Å². The van der Waals surface area contributed by atoms with Crippen molar-refractivity contribution in [1.29, 1.82) is 0 Å². The number of nitrogens with one attached hydrogen (secondary N) is 4. The molecule has 4 amide bonds. The van der Waals surface area contributed by atoms with E-state index in [2.05, 4.69) is 20.6 Å². The van der Waals surface area contributed by atoms with E-state index in [0.29, 0.717) is 12.1 Å². The largest absolute Gasteiger partial charge is 0.480 e. The molecule has 1 aromatic heterocycles. The van der Waals surface area contributed by atoms with Crippen molar-refractivity contribution in [3.63, 3.8) is 0 Å². The number of H-pyrrole nitrogens is 1. The van der Waals surface area contributed by atoms with Crippen molar-refractivity contribution in [3.8, 4) is 0 Å². The fourth-order valence-corrected chi connectivity index (χ4v) is 2.75. The number of carboxylic acid groups (broad SMARTS) is 1. The Morgan fingerprint density at radius 1 is 1.06 bits per heavy atom. The van der Waals surface area contributed by atoms with E-state index in [1.165, 1.54) is 12.5 Å². The van der Waals surface area contributed by atoms with Crippen LogP contribution in [0.2, 0.25) is 0 Å². The third-order valence-electron chi connectivity index (χ3n) is 5.01. The van der Waals surface area contributed by atoms with E-state index in [0.717, 1.165) is 0 Å². The van der Waals surface area contributed by atoms with Gasteiger partial charge in [0.05, 0.1) is 25.4 Å². The molecule has 0 aromatic carbocycles. The number of nitrogens with zero attached hydrogens (tertiary/aromatic N) is 1. The molecule has 1 heterocycles. The normalized spacial score (nSPS) is 15.4. The summed E-state index contributed by atoms with van der Waals surface area (Å²) < 4.78 is 0. The third-order valence-corrected chi connectivity index (χ3v) is 5.01. The summed E-state index contributed by atoms with van der Waals surface area (Å²) in [6.07, 6.45) is 2.75. The number of amides is 4. The Bertz CT molecular complexity index is 830. The quantitative estimate of drug-likeness (QED) is 0.136. The van der Waals surface area contributed by atoms with Gasteiger partial charge in [-0.15, -0.1) is 0 Å². The molecule has 5 unspecified atom stereocenters. The molecular formula is C19H31N7O7. The van der Waals surface area contributed by atoms with Crippen LogP contribution < -0.4 is 27.4 Å². The van der Waals surface area contributed by atoms with Crippen LogP contribution in [0.3, 0.4) is 0 Å². The molecule has 184 valence electrons. The highest BCUT2D eigenvalue weighted by Crippen LogP contribution is 2.07. The number of carbonyl (C=O) groups is 5. The second kappa shape index (κ2) is 13.1. The van der Waals surface area contributed by atoms with E-state index in [1.54, 1.807) is 6.92 Å². The van der Waals surface area contributed by atoms with Crippen molar-refractivity contribution >= 4 is 29.6 Å².